The molecule has 2 aliphatic rings. The summed E-state index contributed by atoms with van der Waals surface area (Å²) in [7, 11) is 3.92. The number of carbonyl (C=O) groups is 2. The minimum Gasteiger partial charge on any atom is -0.464 e. The summed E-state index contributed by atoms with van der Waals surface area (Å²) in [5, 5.41) is 0. The van der Waals surface area contributed by atoms with E-state index in [9.17, 15) is 9.59 Å². The molecule has 7 nitrogen and oxygen atoms in total. The van der Waals surface area contributed by atoms with Gasteiger partial charge in [-0.15, -0.1) is 0 Å². The molecule has 210 valence electrons. The molecule has 0 aliphatic carbocycles. The summed E-state index contributed by atoms with van der Waals surface area (Å²) >= 11 is 0. The highest BCUT2D eigenvalue weighted by atomic mass is 19.1. The number of halogens is 1. The average Bonchev–Trinajstić information content (AvgIpc) is 3.58. The summed E-state index contributed by atoms with van der Waals surface area (Å²) < 4.78 is 22.6. The van der Waals surface area contributed by atoms with Gasteiger partial charge in [-0.1, -0.05) is 24.3 Å². The molecule has 0 bridgehead atoms. The van der Waals surface area contributed by atoms with E-state index in [4.69, 9.17) is 4.74 Å². The molecule has 0 spiro atoms. The molecular formula is C32H37FN4O3. The molecular weight excluding hydrogens is 507 g/mol. The fourth-order valence-electron chi connectivity index (χ4n) is 5.87. The molecule has 1 fully saturated rings. The highest BCUT2D eigenvalue weighted by molar-refractivity contribution is 5.85. The quantitative estimate of drug-likeness (QED) is 0.263. The fraction of sp³-hybridized carbons (Fsp3) is 0.406. The maximum Gasteiger partial charge on any atom is 0.335 e. The molecule has 1 atom stereocenters. The highest BCUT2D eigenvalue weighted by Gasteiger charge is 2.32. The van der Waals surface area contributed by atoms with Gasteiger partial charge in [0.25, 0.3) is 0 Å². The number of likely N-dealkylation sites (tertiary alicyclic amines) is 1. The Hall–Kier alpha value is -3.78. The number of aldehydes is 1. The topological polar surface area (TPSA) is 67.7 Å². The zero-order valence-corrected chi connectivity index (χ0v) is 23.5. The molecule has 5 rings (SSSR count). The van der Waals surface area contributed by atoms with Crippen molar-refractivity contribution in [1.29, 1.82) is 0 Å². The number of nitrogens with zero attached hydrogens (tertiary/aromatic N) is 4. The molecule has 2 aliphatic heterocycles. The van der Waals surface area contributed by atoms with Gasteiger partial charge in [0.2, 0.25) is 0 Å². The number of imidazole rings is 1. The van der Waals surface area contributed by atoms with E-state index in [1.807, 2.05) is 18.2 Å². The second-order valence-electron chi connectivity index (χ2n) is 10.8. The number of ether oxygens (including phenoxy) is 1. The van der Waals surface area contributed by atoms with Crippen molar-refractivity contribution >= 4 is 18.3 Å². The van der Waals surface area contributed by atoms with Gasteiger partial charge >= 0.3 is 5.97 Å². The van der Waals surface area contributed by atoms with Crippen LogP contribution in [0.4, 0.5) is 4.39 Å². The van der Waals surface area contributed by atoms with E-state index in [0.717, 1.165) is 56.6 Å². The van der Waals surface area contributed by atoms with Crippen LogP contribution in [-0.2, 0) is 22.5 Å². The fourth-order valence-corrected chi connectivity index (χ4v) is 5.87. The summed E-state index contributed by atoms with van der Waals surface area (Å²) in [4.78, 5) is 33.5. The van der Waals surface area contributed by atoms with Gasteiger partial charge in [0.05, 0.1) is 24.2 Å². The number of carbonyl (C=O) groups excluding carboxylic acids is 2. The van der Waals surface area contributed by atoms with E-state index in [1.165, 1.54) is 11.6 Å². The summed E-state index contributed by atoms with van der Waals surface area (Å²) in [6.45, 7) is 5.09. The second kappa shape index (κ2) is 12.2. The van der Waals surface area contributed by atoms with Gasteiger partial charge in [-0.05, 0) is 99.1 Å². The van der Waals surface area contributed by atoms with Crippen molar-refractivity contribution in [1.82, 2.24) is 19.4 Å². The van der Waals surface area contributed by atoms with Gasteiger partial charge in [0.15, 0.2) is 12.3 Å². The molecule has 0 radical (unpaired) electrons. The summed E-state index contributed by atoms with van der Waals surface area (Å²) in [5.74, 6) is -0.441. The van der Waals surface area contributed by atoms with Gasteiger partial charge in [0, 0.05) is 25.5 Å². The van der Waals surface area contributed by atoms with Crippen LogP contribution in [0.15, 0.2) is 48.9 Å². The second-order valence-corrected chi connectivity index (χ2v) is 10.8. The number of esters is 1. The third kappa shape index (κ3) is 5.72. The molecule has 8 heteroatoms. The van der Waals surface area contributed by atoms with Crippen LogP contribution >= 0.6 is 0 Å². The van der Waals surface area contributed by atoms with Crippen LogP contribution in [0.1, 0.15) is 71.0 Å². The van der Waals surface area contributed by atoms with Gasteiger partial charge in [-0.2, -0.15) is 0 Å². The van der Waals surface area contributed by atoms with Crippen LogP contribution in [0.25, 0.3) is 17.2 Å². The number of fused-ring (bicyclic) bond motifs is 1. The first-order chi connectivity index (χ1) is 19.4. The molecule has 0 saturated carbocycles. The van der Waals surface area contributed by atoms with Crippen LogP contribution in [0, 0.1) is 5.82 Å². The third-order valence-electron chi connectivity index (χ3n) is 8.17. The van der Waals surface area contributed by atoms with Crippen molar-refractivity contribution in [3.05, 3.63) is 82.8 Å². The molecule has 1 saturated heterocycles. The van der Waals surface area contributed by atoms with Gasteiger partial charge in [-0.25, -0.2) is 14.2 Å². The Balaban J connectivity index is 1.41. The van der Waals surface area contributed by atoms with Crippen LogP contribution < -0.4 is 0 Å². The van der Waals surface area contributed by atoms with Crippen molar-refractivity contribution in [2.24, 2.45) is 0 Å². The van der Waals surface area contributed by atoms with Crippen LogP contribution in [-0.4, -0.2) is 65.4 Å². The molecule has 0 amide bonds. The number of likely N-dealkylation sites (N-methyl/N-ethyl adjacent to an activating group) is 1. The Labute approximate surface area is 235 Å². The van der Waals surface area contributed by atoms with Crippen molar-refractivity contribution in [3.8, 4) is 11.1 Å². The number of hydrogen-bond acceptors (Lipinski definition) is 6. The number of aryl methyl sites for hydroxylation is 1. The molecule has 40 heavy (non-hydrogen) atoms. The van der Waals surface area contributed by atoms with E-state index >= 15 is 4.39 Å². The predicted octanol–water partition coefficient (Wildman–Crippen LogP) is 5.46. The first-order valence-electron chi connectivity index (χ1n) is 14.1. The number of piperidine rings is 1. The number of aromatic nitrogens is 2. The third-order valence-corrected chi connectivity index (χ3v) is 8.17. The SMILES string of the molecule is CCOC(=O)C(c1ncn2c1CCC2)N(C)/C=C\c1cc(-c2ccc(C3CCN(C)CC3)cc2)cc(F)c1C=O. The van der Waals surface area contributed by atoms with Crippen molar-refractivity contribution in [2.45, 2.75) is 51.1 Å². The minimum absolute atomic E-state index is 0.0214. The molecule has 1 unspecified atom stereocenters. The van der Waals surface area contributed by atoms with E-state index < -0.39 is 17.8 Å². The Morgan fingerprint density at radius 1 is 1.18 bits per heavy atom. The number of hydrogen-bond donors (Lipinski definition) is 0. The van der Waals surface area contributed by atoms with E-state index in [1.54, 1.807) is 37.5 Å². The van der Waals surface area contributed by atoms with Gasteiger partial charge in [-0.3, -0.25) is 4.79 Å². The Bertz CT molecular complexity index is 1390. The number of rotatable bonds is 9. The lowest BCUT2D eigenvalue weighted by atomic mass is 9.88. The molecule has 3 aromatic rings. The Morgan fingerprint density at radius 2 is 1.93 bits per heavy atom. The van der Waals surface area contributed by atoms with E-state index in [2.05, 4.69) is 33.6 Å². The lowest BCUT2D eigenvalue weighted by Crippen LogP contribution is -2.30. The van der Waals surface area contributed by atoms with Crippen molar-refractivity contribution in [2.75, 3.05) is 33.8 Å². The monoisotopic (exact) mass is 544 g/mol. The summed E-state index contributed by atoms with van der Waals surface area (Å²) in [5.41, 5.74) is 5.00. The predicted molar refractivity (Wildman–Crippen MR) is 153 cm³/mol. The van der Waals surface area contributed by atoms with Crippen LogP contribution in [0.2, 0.25) is 0 Å². The first-order valence-corrected chi connectivity index (χ1v) is 14.1. The zero-order valence-electron chi connectivity index (χ0n) is 23.5. The maximum absolute atomic E-state index is 15.1. The molecule has 3 heterocycles. The summed E-state index contributed by atoms with van der Waals surface area (Å²) in [6, 6.07) is 10.8. The standard InChI is InChI=1S/C32H37FN4O3/c1-4-40-32(39)31(30-29-6-5-14-37(29)21-34-30)36(3)17-13-25-18-26(19-28(33)27(25)20-38)23-9-7-22(8-10-23)24-11-15-35(2)16-12-24/h7-10,13,17-21,24,31H,4-6,11-12,14-16H2,1-3H3/b17-13-. The van der Waals surface area contributed by atoms with Gasteiger partial charge in [0.1, 0.15) is 5.82 Å². The van der Waals surface area contributed by atoms with Crippen molar-refractivity contribution < 1.29 is 18.7 Å². The highest BCUT2D eigenvalue weighted by Crippen LogP contribution is 2.32. The Morgan fingerprint density at radius 3 is 2.62 bits per heavy atom. The van der Waals surface area contributed by atoms with E-state index in [-0.39, 0.29) is 12.2 Å². The minimum atomic E-state index is -0.745. The smallest absolute Gasteiger partial charge is 0.335 e. The van der Waals surface area contributed by atoms with Gasteiger partial charge < -0.3 is 19.1 Å². The maximum atomic E-state index is 15.1. The van der Waals surface area contributed by atoms with Crippen LogP contribution in [0.5, 0.6) is 0 Å². The number of benzene rings is 2. The van der Waals surface area contributed by atoms with E-state index in [0.29, 0.717) is 29.0 Å². The average molecular weight is 545 g/mol. The lowest BCUT2D eigenvalue weighted by molar-refractivity contribution is -0.148. The molecule has 2 aromatic carbocycles. The lowest BCUT2D eigenvalue weighted by Gasteiger charge is -2.29. The largest absolute Gasteiger partial charge is 0.464 e. The first kappa shape index (κ1) is 27.8. The van der Waals surface area contributed by atoms with Crippen LogP contribution in [0.3, 0.4) is 0 Å². The molecule has 1 aromatic heterocycles. The van der Waals surface area contributed by atoms with Crippen molar-refractivity contribution in [3.63, 3.8) is 0 Å². The summed E-state index contributed by atoms with van der Waals surface area (Å²) in [6.07, 6.45) is 9.79. The normalized spacial score (nSPS) is 16.7. The zero-order chi connectivity index (χ0) is 28.2. The molecule has 0 N–H and O–H groups in total. The Kier molecular flexibility index (Phi) is 8.45.